The Morgan fingerprint density at radius 2 is 1.85 bits per heavy atom. The van der Waals surface area contributed by atoms with Gasteiger partial charge in [0, 0.05) is 23.9 Å². The van der Waals surface area contributed by atoms with Gasteiger partial charge in [0.2, 0.25) is 0 Å². The van der Waals surface area contributed by atoms with E-state index in [0.29, 0.717) is 6.42 Å². The Kier molecular flexibility index (Phi) is 3.21. The van der Waals surface area contributed by atoms with Crippen molar-refractivity contribution in [2.45, 2.75) is 13.3 Å². The molecule has 0 saturated carbocycles. The number of benzene rings is 1. The second-order valence-corrected chi connectivity index (χ2v) is 4.69. The van der Waals surface area contributed by atoms with Gasteiger partial charge in [0.25, 0.3) is 5.56 Å². The van der Waals surface area contributed by atoms with Gasteiger partial charge < -0.3 is 0 Å². The minimum absolute atomic E-state index is 0.0583. The van der Waals surface area contributed by atoms with Crippen molar-refractivity contribution in [2.24, 2.45) is 0 Å². The molecule has 0 bridgehead atoms. The molecule has 4 heteroatoms. The van der Waals surface area contributed by atoms with E-state index in [1.165, 1.54) is 0 Å². The third-order valence-electron chi connectivity index (χ3n) is 3.36. The molecular weight excluding hydrogens is 250 g/mol. The Hall–Kier alpha value is -2.62. The molecule has 4 nitrogen and oxygen atoms in total. The van der Waals surface area contributed by atoms with E-state index >= 15 is 0 Å². The normalized spacial score (nSPS) is 10.7. The van der Waals surface area contributed by atoms with Crippen LogP contribution in [0.5, 0.6) is 0 Å². The molecule has 2 aromatic heterocycles. The summed E-state index contributed by atoms with van der Waals surface area (Å²) in [6.45, 7) is 1.94. The summed E-state index contributed by atoms with van der Waals surface area (Å²) in [6, 6.07) is 15.6. The molecule has 0 aliphatic carbocycles. The van der Waals surface area contributed by atoms with Gasteiger partial charge in [-0.2, -0.15) is 0 Å². The van der Waals surface area contributed by atoms with Crippen molar-refractivity contribution in [3.8, 4) is 5.82 Å². The van der Waals surface area contributed by atoms with E-state index in [0.717, 1.165) is 22.6 Å². The number of rotatable bonds is 3. The lowest BCUT2D eigenvalue weighted by Crippen LogP contribution is -2.08. The first kappa shape index (κ1) is 12.4. The van der Waals surface area contributed by atoms with Crippen molar-refractivity contribution < 1.29 is 0 Å². The lowest BCUT2D eigenvalue weighted by molar-refractivity contribution is 0.806. The fourth-order valence-corrected chi connectivity index (χ4v) is 2.28. The molecule has 0 unspecified atom stereocenters. The van der Waals surface area contributed by atoms with Crippen molar-refractivity contribution in [1.82, 2.24) is 14.8 Å². The Morgan fingerprint density at radius 1 is 1.10 bits per heavy atom. The average molecular weight is 265 g/mol. The minimum Gasteiger partial charge on any atom is -0.268 e. The number of hydrogen-bond donors (Lipinski definition) is 1. The maximum atomic E-state index is 12.1. The number of pyridine rings is 1. The summed E-state index contributed by atoms with van der Waals surface area (Å²) in [5, 5.41) is 2.85. The summed E-state index contributed by atoms with van der Waals surface area (Å²) in [5.74, 6) is 0.724. The highest BCUT2D eigenvalue weighted by molar-refractivity contribution is 5.32. The minimum atomic E-state index is -0.0583. The molecule has 0 spiro atoms. The zero-order valence-electron chi connectivity index (χ0n) is 11.2. The van der Waals surface area contributed by atoms with Crippen LogP contribution in [0.1, 0.15) is 16.8 Å². The summed E-state index contributed by atoms with van der Waals surface area (Å²) in [6.07, 6.45) is 2.34. The first-order chi connectivity index (χ1) is 9.75. The molecule has 0 aliphatic rings. The van der Waals surface area contributed by atoms with E-state index < -0.39 is 0 Å². The Balaban J connectivity index is 2.02. The zero-order chi connectivity index (χ0) is 13.9. The molecule has 3 aromatic rings. The average Bonchev–Trinajstić information content (AvgIpc) is 2.77. The van der Waals surface area contributed by atoms with Crippen LogP contribution in [0.4, 0.5) is 0 Å². The third kappa shape index (κ3) is 2.28. The number of aromatic nitrogens is 3. The van der Waals surface area contributed by atoms with Crippen LogP contribution < -0.4 is 5.56 Å². The molecule has 0 saturated heterocycles. The highest BCUT2D eigenvalue weighted by Gasteiger charge is 2.12. The number of hydrogen-bond acceptors (Lipinski definition) is 2. The van der Waals surface area contributed by atoms with Crippen LogP contribution in [0.3, 0.4) is 0 Å². The van der Waals surface area contributed by atoms with Crippen LogP contribution in [0.25, 0.3) is 5.82 Å². The predicted molar refractivity (Wildman–Crippen MR) is 78.2 cm³/mol. The van der Waals surface area contributed by atoms with Gasteiger partial charge in [-0.05, 0) is 24.6 Å². The quantitative estimate of drug-likeness (QED) is 0.791. The van der Waals surface area contributed by atoms with E-state index in [-0.39, 0.29) is 5.56 Å². The van der Waals surface area contributed by atoms with Gasteiger partial charge in [0.15, 0.2) is 5.82 Å². The standard InChI is InChI=1S/C16H15N3O/c1-12-14(11-13-7-3-2-4-8-13)16(20)18-19(12)15-9-5-6-10-17-15/h2-10H,11H2,1H3,(H,18,20). The molecule has 2 heterocycles. The zero-order valence-corrected chi connectivity index (χ0v) is 11.2. The summed E-state index contributed by atoms with van der Waals surface area (Å²) >= 11 is 0. The fourth-order valence-electron chi connectivity index (χ4n) is 2.28. The fraction of sp³-hybridized carbons (Fsp3) is 0.125. The number of H-pyrrole nitrogens is 1. The summed E-state index contributed by atoms with van der Waals surface area (Å²) in [4.78, 5) is 16.4. The second-order valence-electron chi connectivity index (χ2n) is 4.69. The van der Waals surface area contributed by atoms with Gasteiger partial charge in [-0.1, -0.05) is 36.4 Å². The summed E-state index contributed by atoms with van der Waals surface area (Å²) in [5.41, 5.74) is 2.75. The Labute approximate surface area is 116 Å². The molecule has 0 atom stereocenters. The van der Waals surface area contributed by atoms with Gasteiger partial charge in [-0.15, -0.1) is 0 Å². The molecule has 3 rings (SSSR count). The van der Waals surface area contributed by atoms with E-state index in [2.05, 4.69) is 10.1 Å². The molecule has 0 aliphatic heterocycles. The molecule has 1 N–H and O–H groups in total. The highest BCUT2D eigenvalue weighted by atomic mass is 16.1. The number of aromatic amines is 1. The summed E-state index contributed by atoms with van der Waals surface area (Å²) < 4.78 is 1.74. The van der Waals surface area contributed by atoms with Crippen molar-refractivity contribution in [3.05, 3.63) is 81.9 Å². The molecule has 100 valence electrons. The molecule has 1 aromatic carbocycles. The Bertz CT molecular complexity index is 757. The Morgan fingerprint density at radius 3 is 2.55 bits per heavy atom. The van der Waals surface area contributed by atoms with E-state index in [1.807, 2.05) is 55.5 Å². The first-order valence-corrected chi connectivity index (χ1v) is 6.51. The van der Waals surface area contributed by atoms with Gasteiger partial charge >= 0.3 is 0 Å². The van der Waals surface area contributed by atoms with Crippen LogP contribution in [0.2, 0.25) is 0 Å². The third-order valence-corrected chi connectivity index (χ3v) is 3.36. The van der Waals surface area contributed by atoms with Crippen molar-refractivity contribution in [1.29, 1.82) is 0 Å². The number of nitrogens with zero attached hydrogens (tertiary/aromatic N) is 2. The van der Waals surface area contributed by atoms with Crippen molar-refractivity contribution in [2.75, 3.05) is 0 Å². The lowest BCUT2D eigenvalue weighted by atomic mass is 10.1. The van der Waals surface area contributed by atoms with Gasteiger partial charge in [0.05, 0.1) is 0 Å². The van der Waals surface area contributed by atoms with Crippen LogP contribution in [0.15, 0.2) is 59.5 Å². The largest absolute Gasteiger partial charge is 0.268 e. The number of nitrogens with one attached hydrogen (secondary N) is 1. The molecule has 0 amide bonds. The molecule has 0 fully saturated rings. The van der Waals surface area contributed by atoms with Crippen LogP contribution in [-0.4, -0.2) is 14.8 Å². The summed E-state index contributed by atoms with van der Waals surface area (Å²) in [7, 11) is 0. The second kappa shape index (κ2) is 5.17. The van der Waals surface area contributed by atoms with Crippen LogP contribution in [0, 0.1) is 6.92 Å². The van der Waals surface area contributed by atoms with Gasteiger partial charge in [0.1, 0.15) is 0 Å². The van der Waals surface area contributed by atoms with E-state index in [9.17, 15) is 4.79 Å². The smallest absolute Gasteiger partial charge is 0.268 e. The highest BCUT2D eigenvalue weighted by Crippen LogP contribution is 2.12. The monoisotopic (exact) mass is 265 g/mol. The lowest BCUT2D eigenvalue weighted by Gasteiger charge is -2.04. The van der Waals surface area contributed by atoms with E-state index in [4.69, 9.17) is 0 Å². The first-order valence-electron chi connectivity index (χ1n) is 6.51. The predicted octanol–water partition coefficient (Wildman–Crippen LogP) is 2.46. The van der Waals surface area contributed by atoms with Crippen molar-refractivity contribution in [3.63, 3.8) is 0 Å². The SMILES string of the molecule is Cc1c(Cc2ccccc2)c(=O)[nH]n1-c1ccccn1. The van der Waals surface area contributed by atoms with Crippen molar-refractivity contribution >= 4 is 0 Å². The van der Waals surface area contributed by atoms with Gasteiger partial charge in [-0.25, -0.2) is 9.67 Å². The molecule has 20 heavy (non-hydrogen) atoms. The maximum absolute atomic E-state index is 12.1. The van der Waals surface area contributed by atoms with Crippen LogP contribution >= 0.6 is 0 Å². The van der Waals surface area contributed by atoms with Gasteiger partial charge in [-0.3, -0.25) is 9.89 Å². The maximum Gasteiger partial charge on any atom is 0.268 e. The van der Waals surface area contributed by atoms with E-state index in [1.54, 1.807) is 10.9 Å². The van der Waals surface area contributed by atoms with Crippen LogP contribution in [-0.2, 0) is 6.42 Å². The molecule has 0 radical (unpaired) electrons. The topological polar surface area (TPSA) is 50.7 Å². The molecular formula is C16H15N3O.